The minimum Gasteiger partial charge on any atom is -0.435 e. The van der Waals surface area contributed by atoms with Crippen LogP contribution in [-0.4, -0.2) is 6.61 Å². The Morgan fingerprint density at radius 3 is 2.69 bits per heavy atom. The summed E-state index contributed by atoms with van der Waals surface area (Å²) in [6.07, 6.45) is 0.668. The van der Waals surface area contributed by atoms with Crippen molar-refractivity contribution in [2.45, 2.75) is 20.0 Å². The Labute approximate surface area is 83.8 Å². The van der Waals surface area contributed by atoms with Crippen LogP contribution >= 0.6 is 15.9 Å². The van der Waals surface area contributed by atoms with Crippen LogP contribution in [0.5, 0.6) is 5.75 Å². The van der Waals surface area contributed by atoms with Crippen LogP contribution in [0.3, 0.4) is 0 Å². The molecule has 72 valence electrons. The van der Waals surface area contributed by atoms with E-state index in [-0.39, 0.29) is 5.75 Å². The monoisotopic (exact) mass is 250 g/mol. The minimum atomic E-state index is -2.76. The van der Waals surface area contributed by atoms with Crippen LogP contribution in [0.15, 0.2) is 22.7 Å². The van der Waals surface area contributed by atoms with E-state index >= 15 is 0 Å². The standard InChI is InChI=1S/C9H9BrF2O/c1-2-6-5-7(10)3-4-8(6)13-9(11)12/h3-5,9H,2H2,1H3. The second-order valence-corrected chi connectivity index (χ2v) is 3.40. The van der Waals surface area contributed by atoms with E-state index in [9.17, 15) is 8.78 Å². The zero-order valence-corrected chi connectivity index (χ0v) is 8.64. The summed E-state index contributed by atoms with van der Waals surface area (Å²) in [6.45, 7) is -0.869. The van der Waals surface area contributed by atoms with Crippen LogP contribution in [0.2, 0.25) is 0 Å². The zero-order chi connectivity index (χ0) is 9.84. The van der Waals surface area contributed by atoms with Gasteiger partial charge < -0.3 is 4.74 Å². The molecule has 1 rings (SSSR count). The molecule has 0 aromatic heterocycles. The largest absolute Gasteiger partial charge is 0.435 e. The normalized spacial score (nSPS) is 10.5. The first-order chi connectivity index (χ1) is 6.13. The highest BCUT2D eigenvalue weighted by atomic mass is 79.9. The maximum Gasteiger partial charge on any atom is 0.387 e. The molecule has 0 saturated heterocycles. The van der Waals surface area contributed by atoms with Crippen molar-refractivity contribution in [3.63, 3.8) is 0 Å². The van der Waals surface area contributed by atoms with E-state index in [2.05, 4.69) is 20.7 Å². The molecule has 0 N–H and O–H groups in total. The fourth-order valence-corrected chi connectivity index (χ4v) is 1.44. The van der Waals surface area contributed by atoms with E-state index in [4.69, 9.17) is 0 Å². The zero-order valence-electron chi connectivity index (χ0n) is 7.06. The Morgan fingerprint density at radius 2 is 2.15 bits per heavy atom. The summed E-state index contributed by atoms with van der Waals surface area (Å²) in [5, 5.41) is 0. The predicted octanol–water partition coefficient (Wildman–Crippen LogP) is 3.61. The lowest BCUT2D eigenvalue weighted by atomic mass is 10.1. The van der Waals surface area contributed by atoms with Gasteiger partial charge in [-0.2, -0.15) is 8.78 Å². The van der Waals surface area contributed by atoms with Crippen molar-refractivity contribution in [1.82, 2.24) is 0 Å². The molecule has 0 aliphatic carbocycles. The van der Waals surface area contributed by atoms with Crippen molar-refractivity contribution in [2.75, 3.05) is 0 Å². The summed E-state index contributed by atoms with van der Waals surface area (Å²) in [5.41, 5.74) is 0.773. The summed E-state index contributed by atoms with van der Waals surface area (Å²) in [4.78, 5) is 0. The molecule has 0 unspecified atom stereocenters. The van der Waals surface area contributed by atoms with E-state index in [0.717, 1.165) is 10.0 Å². The molecule has 1 aromatic rings. The molecule has 1 aromatic carbocycles. The lowest BCUT2D eigenvalue weighted by Crippen LogP contribution is -2.03. The van der Waals surface area contributed by atoms with Gasteiger partial charge >= 0.3 is 6.61 Å². The molecule has 0 aliphatic rings. The summed E-state index contributed by atoms with van der Waals surface area (Å²) in [7, 11) is 0. The summed E-state index contributed by atoms with van der Waals surface area (Å²) < 4.78 is 29.0. The van der Waals surface area contributed by atoms with E-state index in [1.54, 1.807) is 12.1 Å². The smallest absolute Gasteiger partial charge is 0.387 e. The number of hydrogen-bond donors (Lipinski definition) is 0. The average molecular weight is 251 g/mol. The Bertz CT molecular complexity index is 289. The number of halogens is 3. The van der Waals surface area contributed by atoms with Gasteiger partial charge in [0, 0.05) is 4.47 Å². The molecule has 0 spiro atoms. The van der Waals surface area contributed by atoms with Gasteiger partial charge in [-0.1, -0.05) is 22.9 Å². The first-order valence-corrected chi connectivity index (χ1v) is 4.66. The fourth-order valence-electron chi connectivity index (χ4n) is 1.04. The second-order valence-electron chi connectivity index (χ2n) is 2.48. The van der Waals surface area contributed by atoms with Crippen LogP contribution in [-0.2, 0) is 6.42 Å². The van der Waals surface area contributed by atoms with Gasteiger partial charge in [0.25, 0.3) is 0 Å². The third-order valence-electron chi connectivity index (χ3n) is 1.62. The van der Waals surface area contributed by atoms with Gasteiger partial charge in [-0.25, -0.2) is 0 Å². The summed E-state index contributed by atoms with van der Waals surface area (Å²) in [5.74, 6) is 0.251. The molecule has 13 heavy (non-hydrogen) atoms. The molecule has 0 amide bonds. The van der Waals surface area contributed by atoms with Crippen LogP contribution in [0.4, 0.5) is 8.78 Å². The SMILES string of the molecule is CCc1cc(Br)ccc1OC(F)F. The lowest BCUT2D eigenvalue weighted by Gasteiger charge is -2.09. The Morgan fingerprint density at radius 1 is 1.46 bits per heavy atom. The third kappa shape index (κ3) is 2.95. The molecule has 0 heterocycles. The van der Waals surface area contributed by atoms with Crippen LogP contribution < -0.4 is 4.74 Å². The number of rotatable bonds is 3. The molecule has 0 saturated carbocycles. The Kier molecular flexibility index (Phi) is 3.66. The van der Waals surface area contributed by atoms with Crippen molar-refractivity contribution in [3.05, 3.63) is 28.2 Å². The van der Waals surface area contributed by atoms with Gasteiger partial charge in [-0.3, -0.25) is 0 Å². The molecule has 0 bridgehead atoms. The van der Waals surface area contributed by atoms with E-state index in [0.29, 0.717) is 6.42 Å². The topological polar surface area (TPSA) is 9.23 Å². The summed E-state index contributed by atoms with van der Waals surface area (Å²) >= 11 is 3.26. The maximum atomic E-state index is 11.9. The lowest BCUT2D eigenvalue weighted by molar-refractivity contribution is -0.0504. The van der Waals surface area contributed by atoms with Crippen LogP contribution in [0.1, 0.15) is 12.5 Å². The first kappa shape index (κ1) is 10.4. The van der Waals surface area contributed by atoms with Crippen molar-refractivity contribution in [2.24, 2.45) is 0 Å². The van der Waals surface area contributed by atoms with Crippen molar-refractivity contribution in [3.8, 4) is 5.75 Å². The quantitative estimate of drug-likeness (QED) is 0.797. The molecular weight excluding hydrogens is 242 g/mol. The van der Waals surface area contributed by atoms with E-state index in [1.165, 1.54) is 6.07 Å². The Balaban J connectivity index is 2.92. The number of ether oxygens (including phenoxy) is 1. The Hall–Kier alpha value is -0.640. The van der Waals surface area contributed by atoms with Crippen molar-refractivity contribution in [1.29, 1.82) is 0 Å². The highest BCUT2D eigenvalue weighted by Crippen LogP contribution is 2.24. The van der Waals surface area contributed by atoms with Gasteiger partial charge in [0.2, 0.25) is 0 Å². The second kappa shape index (κ2) is 4.56. The maximum absolute atomic E-state index is 11.9. The van der Waals surface area contributed by atoms with E-state index in [1.807, 2.05) is 6.92 Å². The molecule has 0 radical (unpaired) electrons. The molecular formula is C9H9BrF2O. The van der Waals surface area contributed by atoms with E-state index < -0.39 is 6.61 Å². The first-order valence-electron chi connectivity index (χ1n) is 3.86. The highest BCUT2D eigenvalue weighted by Gasteiger charge is 2.08. The van der Waals surface area contributed by atoms with Gasteiger partial charge in [0.05, 0.1) is 0 Å². The minimum absolute atomic E-state index is 0.251. The molecule has 0 atom stereocenters. The number of benzene rings is 1. The summed E-state index contributed by atoms with van der Waals surface area (Å²) in [6, 6.07) is 4.99. The van der Waals surface area contributed by atoms with Gasteiger partial charge in [-0.05, 0) is 30.2 Å². The van der Waals surface area contributed by atoms with Crippen LogP contribution in [0, 0.1) is 0 Å². The fraction of sp³-hybridized carbons (Fsp3) is 0.333. The molecule has 0 aliphatic heterocycles. The van der Waals surface area contributed by atoms with Crippen LogP contribution in [0.25, 0.3) is 0 Å². The highest BCUT2D eigenvalue weighted by molar-refractivity contribution is 9.10. The molecule has 0 fully saturated rings. The molecule has 4 heteroatoms. The van der Waals surface area contributed by atoms with Gasteiger partial charge in [0.1, 0.15) is 5.75 Å². The van der Waals surface area contributed by atoms with Gasteiger partial charge in [-0.15, -0.1) is 0 Å². The van der Waals surface area contributed by atoms with Gasteiger partial charge in [0.15, 0.2) is 0 Å². The number of aryl methyl sites for hydroxylation is 1. The number of alkyl halides is 2. The third-order valence-corrected chi connectivity index (χ3v) is 2.11. The predicted molar refractivity (Wildman–Crippen MR) is 50.2 cm³/mol. The molecule has 1 nitrogen and oxygen atoms in total. The van der Waals surface area contributed by atoms with Crippen molar-refractivity contribution >= 4 is 15.9 Å². The van der Waals surface area contributed by atoms with Crippen molar-refractivity contribution < 1.29 is 13.5 Å². The number of hydrogen-bond acceptors (Lipinski definition) is 1. The average Bonchev–Trinajstić information content (AvgIpc) is 2.07.